The molecule has 66 valence electrons. The van der Waals surface area contributed by atoms with Gasteiger partial charge in [0.25, 0.3) is 0 Å². The summed E-state index contributed by atoms with van der Waals surface area (Å²) in [6.07, 6.45) is 1.75. The molecule has 0 aliphatic carbocycles. The Balaban J connectivity index is 2.84. The average molecular weight is 193 g/mol. The number of nitrogens with two attached hydrogens (primary N) is 1. The minimum atomic E-state index is 0.424. The lowest BCUT2D eigenvalue weighted by atomic mass is 10.1. The van der Waals surface area contributed by atoms with Gasteiger partial charge in [-0.25, -0.2) is 0 Å². The van der Waals surface area contributed by atoms with Crippen LogP contribution in [0, 0.1) is 0 Å². The van der Waals surface area contributed by atoms with Crippen molar-refractivity contribution in [2.45, 2.75) is 6.54 Å². The number of rotatable bonds is 1. The summed E-state index contributed by atoms with van der Waals surface area (Å²) in [5, 5.41) is 1.76. The Kier molecular flexibility index (Phi) is 2.17. The van der Waals surface area contributed by atoms with E-state index in [2.05, 4.69) is 4.98 Å². The maximum atomic E-state index is 5.98. The maximum absolute atomic E-state index is 5.98. The average Bonchev–Trinajstić information content (AvgIpc) is 2.18. The largest absolute Gasteiger partial charge is 0.326 e. The molecule has 1 aromatic carbocycles. The van der Waals surface area contributed by atoms with Gasteiger partial charge in [0, 0.05) is 28.7 Å². The SMILES string of the molecule is NCc1c(Cl)ccc2cccnc12. The molecular weight excluding hydrogens is 184 g/mol. The smallest absolute Gasteiger partial charge is 0.0761 e. The lowest BCUT2D eigenvalue weighted by Gasteiger charge is -2.04. The molecule has 2 rings (SSSR count). The van der Waals surface area contributed by atoms with Crippen LogP contribution in [0.2, 0.25) is 5.02 Å². The fourth-order valence-electron chi connectivity index (χ4n) is 1.38. The first-order valence-electron chi connectivity index (χ1n) is 4.05. The van der Waals surface area contributed by atoms with E-state index in [9.17, 15) is 0 Å². The van der Waals surface area contributed by atoms with Gasteiger partial charge in [-0.1, -0.05) is 23.7 Å². The summed E-state index contributed by atoms with van der Waals surface area (Å²) < 4.78 is 0. The van der Waals surface area contributed by atoms with Crippen molar-refractivity contribution in [1.82, 2.24) is 4.98 Å². The van der Waals surface area contributed by atoms with Crippen molar-refractivity contribution in [3.05, 3.63) is 41.0 Å². The first kappa shape index (κ1) is 8.48. The van der Waals surface area contributed by atoms with Crippen LogP contribution in [0.15, 0.2) is 30.5 Å². The van der Waals surface area contributed by atoms with Gasteiger partial charge in [-0.2, -0.15) is 0 Å². The predicted molar refractivity (Wildman–Crippen MR) is 54.6 cm³/mol. The fraction of sp³-hybridized carbons (Fsp3) is 0.100. The summed E-state index contributed by atoms with van der Waals surface area (Å²) in [5.74, 6) is 0. The van der Waals surface area contributed by atoms with Gasteiger partial charge in [0.05, 0.1) is 5.52 Å². The van der Waals surface area contributed by atoms with E-state index in [4.69, 9.17) is 17.3 Å². The van der Waals surface area contributed by atoms with Gasteiger partial charge in [-0.3, -0.25) is 4.98 Å². The van der Waals surface area contributed by atoms with Crippen molar-refractivity contribution in [2.75, 3.05) is 0 Å². The van der Waals surface area contributed by atoms with Crippen LogP contribution in [-0.2, 0) is 6.54 Å². The van der Waals surface area contributed by atoms with Crippen molar-refractivity contribution >= 4 is 22.5 Å². The highest BCUT2D eigenvalue weighted by molar-refractivity contribution is 6.32. The summed E-state index contributed by atoms with van der Waals surface area (Å²) in [7, 11) is 0. The Morgan fingerprint density at radius 1 is 1.31 bits per heavy atom. The van der Waals surface area contributed by atoms with Crippen LogP contribution in [0.5, 0.6) is 0 Å². The Labute approximate surface area is 81.3 Å². The van der Waals surface area contributed by atoms with E-state index in [-0.39, 0.29) is 0 Å². The normalized spacial score (nSPS) is 10.6. The van der Waals surface area contributed by atoms with Gasteiger partial charge in [0.15, 0.2) is 0 Å². The second kappa shape index (κ2) is 3.32. The predicted octanol–water partition coefficient (Wildman–Crippen LogP) is 2.35. The van der Waals surface area contributed by atoms with E-state index in [0.29, 0.717) is 11.6 Å². The number of pyridine rings is 1. The number of aromatic nitrogens is 1. The van der Waals surface area contributed by atoms with Crippen LogP contribution in [0.25, 0.3) is 10.9 Å². The fourth-order valence-corrected chi connectivity index (χ4v) is 1.60. The lowest BCUT2D eigenvalue weighted by molar-refractivity contribution is 1.08. The third-order valence-electron chi connectivity index (χ3n) is 2.03. The van der Waals surface area contributed by atoms with Gasteiger partial charge >= 0.3 is 0 Å². The van der Waals surface area contributed by atoms with Gasteiger partial charge in [-0.05, 0) is 12.1 Å². The Morgan fingerprint density at radius 2 is 2.15 bits per heavy atom. The summed E-state index contributed by atoms with van der Waals surface area (Å²) in [4.78, 5) is 4.25. The third kappa shape index (κ3) is 1.39. The molecule has 0 saturated heterocycles. The van der Waals surface area contributed by atoms with Gasteiger partial charge in [0.1, 0.15) is 0 Å². The monoisotopic (exact) mass is 192 g/mol. The van der Waals surface area contributed by atoms with Gasteiger partial charge in [0.2, 0.25) is 0 Å². The van der Waals surface area contributed by atoms with Crippen molar-refractivity contribution < 1.29 is 0 Å². The standard InChI is InChI=1S/C10H9ClN2/c11-9-4-3-7-2-1-5-13-10(7)8(9)6-12/h1-5H,6,12H2. The zero-order chi connectivity index (χ0) is 9.26. The molecule has 0 aliphatic rings. The van der Waals surface area contributed by atoms with Gasteiger partial charge < -0.3 is 5.73 Å². The Morgan fingerprint density at radius 3 is 2.92 bits per heavy atom. The molecule has 13 heavy (non-hydrogen) atoms. The van der Waals surface area contributed by atoms with E-state index in [0.717, 1.165) is 16.5 Å². The second-order valence-corrected chi connectivity index (χ2v) is 3.21. The number of hydrogen-bond donors (Lipinski definition) is 1. The molecule has 2 nitrogen and oxygen atoms in total. The molecule has 3 heteroatoms. The maximum Gasteiger partial charge on any atom is 0.0761 e. The highest BCUT2D eigenvalue weighted by atomic mass is 35.5. The zero-order valence-electron chi connectivity index (χ0n) is 7.00. The van der Waals surface area contributed by atoms with Crippen molar-refractivity contribution in [1.29, 1.82) is 0 Å². The van der Waals surface area contributed by atoms with Crippen molar-refractivity contribution in [2.24, 2.45) is 5.73 Å². The molecule has 0 amide bonds. The summed E-state index contributed by atoms with van der Waals surface area (Å²) in [5.41, 5.74) is 7.41. The van der Waals surface area contributed by atoms with Crippen LogP contribution >= 0.6 is 11.6 Å². The molecule has 1 heterocycles. The van der Waals surface area contributed by atoms with Crippen molar-refractivity contribution in [3.63, 3.8) is 0 Å². The molecule has 0 saturated carbocycles. The molecule has 1 aromatic heterocycles. The Bertz CT molecular complexity index is 440. The van der Waals surface area contributed by atoms with Crippen LogP contribution < -0.4 is 5.73 Å². The van der Waals surface area contributed by atoms with Crippen LogP contribution in [-0.4, -0.2) is 4.98 Å². The van der Waals surface area contributed by atoms with Crippen LogP contribution in [0.3, 0.4) is 0 Å². The van der Waals surface area contributed by atoms with Crippen molar-refractivity contribution in [3.8, 4) is 0 Å². The van der Waals surface area contributed by atoms with E-state index in [1.807, 2.05) is 24.3 Å². The molecule has 0 atom stereocenters. The molecule has 0 bridgehead atoms. The third-order valence-corrected chi connectivity index (χ3v) is 2.38. The molecule has 0 unspecified atom stereocenters. The second-order valence-electron chi connectivity index (χ2n) is 2.81. The molecule has 2 N–H and O–H groups in total. The summed E-state index contributed by atoms with van der Waals surface area (Å²) in [6, 6.07) is 7.70. The number of halogens is 1. The highest BCUT2D eigenvalue weighted by Crippen LogP contribution is 2.23. The van der Waals surface area contributed by atoms with E-state index in [1.165, 1.54) is 0 Å². The Hall–Kier alpha value is -1.12. The van der Waals surface area contributed by atoms with Gasteiger partial charge in [-0.15, -0.1) is 0 Å². The number of fused-ring (bicyclic) bond motifs is 1. The molecule has 2 aromatic rings. The van der Waals surface area contributed by atoms with E-state index < -0.39 is 0 Å². The first-order chi connectivity index (χ1) is 6.33. The topological polar surface area (TPSA) is 38.9 Å². The molecule has 0 spiro atoms. The molecular formula is C10H9ClN2. The van der Waals surface area contributed by atoms with E-state index >= 15 is 0 Å². The molecule has 0 aliphatic heterocycles. The number of nitrogens with zero attached hydrogens (tertiary/aromatic N) is 1. The lowest BCUT2D eigenvalue weighted by Crippen LogP contribution is -1.99. The zero-order valence-corrected chi connectivity index (χ0v) is 7.75. The summed E-state index contributed by atoms with van der Waals surface area (Å²) >= 11 is 5.98. The number of hydrogen-bond acceptors (Lipinski definition) is 2. The van der Waals surface area contributed by atoms with E-state index in [1.54, 1.807) is 6.20 Å². The summed E-state index contributed by atoms with van der Waals surface area (Å²) in [6.45, 7) is 0.424. The highest BCUT2D eigenvalue weighted by Gasteiger charge is 2.04. The number of benzene rings is 1. The molecule has 0 fully saturated rings. The quantitative estimate of drug-likeness (QED) is 0.754. The minimum absolute atomic E-state index is 0.424. The first-order valence-corrected chi connectivity index (χ1v) is 4.43. The van der Waals surface area contributed by atoms with Crippen LogP contribution in [0.4, 0.5) is 0 Å². The minimum Gasteiger partial charge on any atom is -0.326 e. The van der Waals surface area contributed by atoms with Crippen LogP contribution in [0.1, 0.15) is 5.56 Å². The molecule has 0 radical (unpaired) electrons.